The third-order valence-electron chi connectivity index (χ3n) is 4.65. The van der Waals surface area contributed by atoms with Crippen LogP contribution in [0.3, 0.4) is 0 Å². The fraction of sp³-hybridized carbons (Fsp3) is 0.391. The average molecular weight is 427 g/mol. The second-order valence-electron chi connectivity index (χ2n) is 7.04. The Bertz CT molecular complexity index is 827. The minimum atomic E-state index is -0.212. The molecule has 0 aliphatic carbocycles. The van der Waals surface area contributed by atoms with Crippen molar-refractivity contribution in [3.63, 3.8) is 0 Å². The van der Waals surface area contributed by atoms with Crippen molar-refractivity contribution in [3.05, 3.63) is 65.5 Å². The van der Waals surface area contributed by atoms with Crippen molar-refractivity contribution >= 4 is 29.0 Å². The molecule has 1 heterocycles. The zero-order chi connectivity index (χ0) is 21.6. The molecule has 0 bridgehead atoms. The molecule has 3 N–H and O–H groups in total. The van der Waals surface area contributed by atoms with E-state index in [1.54, 1.807) is 19.2 Å². The third kappa shape index (κ3) is 9.13. The summed E-state index contributed by atoms with van der Waals surface area (Å²) >= 11 is 5.28. The molecule has 2 rings (SSSR count). The van der Waals surface area contributed by atoms with E-state index in [-0.39, 0.29) is 5.91 Å². The van der Waals surface area contributed by atoms with Gasteiger partial charge in [-0.05, 0) is 49.2 Å². The average Bonchev–Trinajstić information content (AvgIpc) is 2.79. The van der Waals surface area contributed by atoms with E-state index in [0.717, 1.165) is 37.9 Å². The largest absolute Gasteiger partial charge is 0.363 e. The van der Waals surface area contributed by atoms with Crippen molar-refractivity contribution < 1.29 is 9.59 Å². The van der Waals surface area contributed by atoms with Crippen LogP contribution in [0.5, 0.6) is 0 Å². The van der Waals surface area contributed by atoms with Gasteiger partial charge in [-0.1, -0.05) is 42.8 Å². The molecule has 1 aromatic heterocycles. The van der Waals surface area contributed by atoms with E-state index in [2.05, 4.69) is 33.1 Å². The Morgan fingerprint density at radius 2 is 1.73 bits per heavy atom. The van der Waals surface area contributed by atoms with E-state index in [1.807, 2.05) is 24.3 Å². The molecule has 2 aromatic rings. The van der Waals surface area contributed by atoms with E-state index in [0.29, 0.717) is 36.0 Å². The van der Waals surface area contributed by atoms with Gasteiger partial charge in [0.1, 0.15) is 11.5 Å². The predicted molar refractivity (Wildman–Crippen MR) is 123 cm³/mol. The lowest BCUT2D eigenvalue weighted by atomic mass is 10.0. The molecule has 6 nitrogen and oxygen atoms in total. The van der Waals surface area contributed by atoms with Crippen molar-refractivity contribution in [1.82, 2.24) is 20.9 Å². The number of ketones is 1. The Hall–Kier alpha value is -2.80. The molecule has 0 radical (unpaired) electrons. The van der Waals surface area contributed by atoms with Crippen LogP contribution in [0.4, 0.5) is 0 Å². The molecular formula is C23H30N4O2S. The number of carbonyl (C=O) groups is 2. The Morgan fingerprint density at radius 1 is 0.933 bits per heavy atom. The van der Waals surface area contributed by atoms with Gasteiger partial charge in [-0.15, -0.1) is 0 Å². The van der Waals surface area contributed by atoms with Crippen LogP contribution in [0.2, 0.25) is 0 Å². The number of nitrogens with one attached hydrogen (secondary N) is 3. The first kappa shape index (κ1) is 23.5. The smallest absolute Gasteiger partial charge is 0.269 e. The molecule has 1 aromatic carbocycles. The van der Waals surface area contributed by atoms with Gasteiger partial charge in [-0.25, -0.2) is 4.98 Å². The van der Waals surface area contributed by atoms with Gasteiger partial charge < -0.3 is 16.0 Å². The van der Waals surface area contributed by atoms with Crippen molar-refractivity contribution in [3.8, 4) is 0 Å². The van der Waals surface area contributed by atoms with Gasteiger partial charge in [0.15, 0.2) is 5.11 Å². The van der Waals surface area contributed by atoms with Crippen LogP contribution in [-0.4, -0.2) is 35.4 Å². The highest BCUT2D eigenvalue weighted by atomic mass is 32.1. The number of unbranched alkanes of at least 4 members (excludes halogenated alkanes) is 2. The van der Waals surface area contributed by atoms with Crippen LogP contribution in [0.15, 0.2) is 48.5 Å². The molecular weight excluding hydrogens is 396 g/mol. The van der Waals surface area contributed by atoms with Crippen LogP contribution in [0.1, 0.15) is 53.8 Å². The molecule has 0 unspecified atom stereocenters. The number of carbonyl (C=O) groups excluding carboxylic acids is 2. The molecule has 0 atom stereocenters. The highest BCUT2D eigenvalue weighted by molar-refractivity contribution is 7.80. The van der Waals surface area contributed by atoms with Crippen LogP contribution in [-0.2, 0) is 17.8 Å². The van der Waals surface area contributed by atoms with Gasteiger partial charge in [0.05, 0.1) is 12.2 Å². The van der Waals surface area contributed by atoms with Gasteiger partial charge in [-0.3, -0.25) is 9.59 Å². The van der Waals surface area contributed by atoms with Gasteiger partial charge in [0, 0.05) is 26.4 Å². The van der Waals surface area contributed by atoms with Crippen molar-refractivity contribution in [2.75, 3.05) is 13.6 Å². The fourth-order valence-electron chi connectivity index (χ4n) is 2.95. The van der Waals surface area contributed by atoms with Crippen LogP contribution in [0.25, 0.3) is 0 Å². The van der Waals surface area contributed by atoms with Crippen LogP contribution >= 0.6 is 12.2 Å². The zero-order valence-corrected chi connectivity index (χ0v) is 18.3. The summed E-state index contributed by atoms with van der Waals surface area (Å²) in [5.41, 5.74) is 2.34. The number of pyridine rings is 1. The number of nitrogens with zero attached hydrogens (tertiary/aromatic N) is 1. The van der Waals surface area contributed by atoms with E-state index in [1.165, 1.54) is 5.56 Å². The Labute approximate surface area is 183 Å². The van der Waals surface area contributed by atoms with Crippen LogP contribution < -0.4 is 16.0 Å². The molecule has 160 valence electrons. The van der Waals surface area contributed by atoms with Crippen LogP contribution in [0, 0.1) is 0 Å². The second-order valence-corrected chi connectivity index (χ2v) is 7.45. The molecule has 0 saturated carbocycles. The topological polar surface area (TPSA) is 83.1 Å². The lowest BCUT2D eigenvalue weighted by Crippen LogP contribution is -2.35. The first-order chi connectivity index (χ1) is 14.6. The first-order valence-corrected chi connectivity index (χ1v) is 10.7. The normalized spacial score (nSPS) is 10.3. The summed E-state index contributed by atoms with van der Waals surface area (Å²) in [6, 6.07) is 15.4. The van der Waals surface area contributed by atoms with Gasteiger partial charge in [0.2, 0.25) is 0 Å². The number of Topliss-reactive ketones (excluding diaryl/α,β-unsaturated/α-hetero) is 1. The maximum absolute atomic E-state index is 12.0. The summed E-state index contributed by atoms with van der Waals surface area (Å²) in [7, 11) is 1.58. The zero-order valence-electron chi connectivity index (χ0n) is 17.4. The van der Waals surface area contributed by atoms with E-state index >= 15 is 0 Å². The molecule has 30 heavy (non-hydrogen) atoms. The number of hydrogen-bond donors (Lipinski definition) is 3. The third-order valence-corrected chi connectivity index (χ3v) is 4.94. The summed E-state index contributed by atoms with van der Waals surface area (Å²) < 4.78 is 0. The molecule has 0 aliphatic heterocycles. The predicted octanol–water partition coefficient (Wildman–Crippen LogP) is 3.17. The molecule has 1 amide bonds. The lowest BCUT2D eigenvalue weighted by molar-refractivity contribution is -0.119. The highest BCUT2D eigenvalue weighted by Gasteiger charge is 2.06. The number of benzene rings is 1. The highest BCUT2D eigenvalue weighted by Crippen LogP contribution is 2.07. The Kier molecular flexibility index (Phi) is 10.5. The van der Waals surface area contributed by atoms with Gasteiger partial charge in [-0.2, -0.15) is 0 Å². The Morgan fingerprint density at radius 3 is 2.50 bits per heavy atom. The number of aromatic nitrogens is 1. The number of aryl methyl sites for hydroxylation is 1. The summed E-state index contributed by atoms with van der Waals surface area (Å²) in [6.07, 6.45) is 4.93. The SMILES string of the molecule is CNC(=O)c1cccc(CNC(=S)NCCCCCC(=O)CCc2ccccc2)n1. The molecule has 7 heteroatoms. The standard InChI is InChI=1S/C23H30N4O2S/c1-24-22(29)21-13-8-11-19(27-21)17-26-23(30)25-16-7-3-6-12-20(28)15-14-18-9-4-2-5-10-18/h2,4-5,8-11,13H,3,6-7,12,14-17H2,1H3,(H,24,29)(H2,25,26,30). The van der Waals surface area contributed by atoms with Gasteiger partial charge >= 0.3 is 0 Å². The molecule has 0 fully saturated rings. The number of hydrogen-bond acceptors (Lipinski definition) is 4. The minimum absolute atomic E-state index is 0.212. The quantitative estimate of drug-likeness (QED) is 0.357. The molecule has 0 aliphatic rings. The van der Waals surface area contributed by atoms with E-state index < -0.39 is 0 Å². The summed E-state index contributed by atoms with van der Waals surface area (Å²) in [6.45, 7) is 1.21. The van der Waals surface area contributed by atoms with Crippen molar-refractivity contribution in [1.29, 1.82) is 0 Å². The summed E-state index contributed by atoms with van der Waals surface area (Å²) in [5.74, 6) is 0.117. The summed E-state index contributed by atoms with van der Waals surface area (Å²) in [5, 5.41) is 9.38. The van der Waals surface area contributed by atoms with Gasteiger partial charge in [0.25, 0.3) is 5.91 Å². The maximum atomic E-state index is 12.0. The second kappa shape index (κ2) is 13.4. The number of rotatable bonds is 12. The Balaban J connectivity index is 1.52. The number of amides is 1. The van der Waals surface area contributed by atoms with Crippen molar-refractivity contribution in [2.24, 2.45) is 0 Å². The molecule has 0 saturated heterocycles. The first-order valence-electron chi connectivity index (χ1n) is 10.3. The lowest BCUT2D eigenvalue weighted by Gasteiger charge is -2.10. The monoisotopic (exact) mass is 426 g/mol. The fourth-order valence-corrected chi connectivity index (χ4v) is 3.12. The van der Waals surface area contributed by atoms with E-state index in [4.69, 9.17) is 12.2 Å². The number of thiocarbonyl (C=S) groups is 1. The summed E-state index contributed by atoms with van der Waals surface area (Å²) in [4.78, 5) is 27.9. The maximum Gasteiger partial charge on any atom is 0.269 e. The van der Waals surface area contributed by atoms with Crippen molar-refractivity contribution in [2.45, 2.75) is 45.1 Å². The minimum Gasteiger partial charge on any atom is -0.363 e. The molecule has 0 spiro atoms. The van der Waals surface area contributed by atoms with E-state index in [9.17, 15) is 9.59 Å².